The number of pyridine rings is 1. The number of nitrogens with one attached hydrogen (secondary N) is 1. The van der Waals surface area contributed by atoms with Crippen LogP contribution >= 0.6 is 0 Å². The Hall–Kier alpha value is -3.27. The Kier molecular flexibility index (Phi) is 5.92. The number of aryl methyl sites for hydroxylation is 2. The molecule has 152 valence electrons. The summed E-state index contributed by atoms with van der Waals surface area (Å²) in [5.41, 5.74) is 2.42. The summed E-state index contributed by atoms with van der Waals surface area (Å²) in [6.45, 7) is 2.19. The topological polar surface area (TPSA) is 116 Å². The first-order valence-corrected chi connectivity index (χ1v) is 10.8. The fourth-order valence-corrected chi connectivity index (χ4v) is 3.42. The molecule has 0 aliphatic heterocycles. The Morgan fingerprint density at radius 3 is 2.45 bits per heavy atom. The molecule has 0 radical (unpaired) electrons. The molecule has 1 N–H and O–H groups in total. The van der Waals surface area contributed by atoms with Crippen molar-refractivity contribution in [1.29, 1.82) is 0 Å². The van der Waals surface area contributed by atoms with E-state index in [2.05, 4.69) is 10.2 Å². The summed E-state index contributed by atoms with van der Waals surface area (Å²) in [5, 5.41) is 7.83. The molecule has 0 spiro atoms. The van der Waals surface area contributed by atoms with Crippen LogP contribution in [0, 0.1) is 6.92 Å². The normalized spacial score (nSPS) is 11.4. The van der Waals surface area contributed by atoms with Crippen molar-refractivity contribution in [2.75, 3.05) is 6.26 Å². The van der Waals surface area contributed by atoms with Crippen LogP contribution in [-0.4, -0.2) is 39.9 Å². The Labute approximate surface area is 168 Å². The van der Waals surface area contributed by atoms with Crippen LogP contribution in [-0.2, 0) is 21.4 Å². The maximum absolute atomic E-state index is 12.4. The number of hydrogen-bond acceptors (Lipinski definition) is 6. The number of aromatic nitrogens is 4. The molecule has 0 atom stereocenters. The summed E-state index contributed by atoms with van der Waals surface area (Å²) >= 11 is 0. The number of sulfonamides is 1. The van der Waals surface area contributed by atoms with Gasteiger partial charge in [0.2, 0.25) is 15.9 Å². The van der Waals surface area contributed by atoms with Crippen LogP contribution in [0.2, 0.25) is 0 Å². The van der Waals surface area contributed by atoms with Crippen molar-refractivity contribution in [3.63, 3.8) is 0 Å². The minimum Gasteiger partial charge on any atom is -0.315 e. The first kappa shape index (κ1) is 20.5. The zero-order valence-electron chi connectivity index (χ0n) is 16.1. The molecule has 2 aromatic heterocycles. The van der Waals surface area contributed by atoms with E-state index in [1.165, 1.54) is 10.6 Å². The van der Waals surface area contributed by atoms with Crippen molar-refractivity contribution in [3.8, 4) is 16.8 Å². The van der Waals surface area contributed by atoms with E-state index in [-0.39, 0.29) is 12.0 Å². The van der Waals surface area contributed by atoms with Crippen molar-refractivity contribution in [2.45, 2.75) is 26.3 Å². The molecule has 0 saturated heterocycles. The zero-order valence-corrected chi connectivity index (χ0v) is 16.9. The standard InChI is InChI=1S/C19H21N5O4S/c1-14-21-20-13-24(14)17-7-5-15(6-8-17)16-9-11-23(19(26)12-16)10-3-4-18(25)22-29(2,27)28/h5-9,11-13H,3-4,10H2,1-2H3,(H,22,25). The quantitative estimate of drug-likeness (QED) is 0.621. The molecule has 29 heavy (non-hydrogen) atoms. The average molecular weight is 415 g/mol. The van der Waals surface area contributed by atoms with Gasteiger partial charge in [-0.3, -0.25) is 18.9 Å². The monoisotopic (exact) mass is 415 g/mol. The molecular formula is C19H21N5O4S. The van der Waals surface area contributed by atoms with Crippen LogP contribution < -0.4 is 10.3 Å². The highest BCUT2D eigenvalue weighted by Crippen LogP contribution is 2.20. The maximum Gasteiger partial charge on any atom is 0.251 e. The van der Waals surface area contributed by atoms with E-state index in [0.717, 1.165) is 28.9 Å². The summed E-state index contributed by atoms with van der Waals surface area (Å²) in [6.07, 6.45) is 4.61. The van der Waals surface area contributed by atoms with Gasteiger partial charge in [0, 0.05) is 30.9 Å². The summed E-state index contributed by atoms with van der Waals surface area (Å²) in [7, 11) is -3.56. The molecule has 0 bridgehead atoms. The van der Waals surface area contributed by atoms with E-state index in [0.29, 0.717) is 13.0 Å². The first-order chi connectivity index (χ1) is 13.7. The lowest BCUT2D eigenvalue weighted by atomic mass is 10.1. The predicted molar refractivity (Wildman–Crippen MR) is 108 cm³/mol. The van der Waals surface area contributed by atoms with Gasteiger partial charge in [-0.25, -0.2) is 8.42 Å². The van der Waals surface area contributed by atoms with Crippen molar-refractivity contribution < 1.29 is 13.2 Å². The Morgan fingerprint density at radius 1 is 1.14 bits per heavy atom. The summed E-state index contributed by atoms with van der Waals surface area (Å²) in [6, 6.07) is 11.1. The van der Waals surface area contributed by atoms with Gasteiger partial charge in [0.15, 0.2) is 0 Å². The minimum atomic E-state index is -3.56. The molecule has 1 aromatic carbocycles. The highest BCUT2D eigenvalue weighted by molar-refractivity contribution is 7.89. The van der Waals surface area contributed by atoms with E-state index in [1.54, 1.807) is 12.5 Å². The molecular weight excluding hydrogens is 394 g/mol. The molecule has 1 amide bonds. The zero-order chi connectivity index (χ0) is 21.0. The average Bonchev–Trinajstić information content (AvgIpc) is 3.07. The van der Waals surface area contributed by atoms with Crippen molar-refractivity contribution >= 4 is 15.9 Å². The first-order valence-electron chi connectivity index (χ1n) is 8.91. The molecule has 3 aromatic rings. The van der Waals surface area contributed by atoms with Crippen molar-refractivity contribution in [2.24, 2.45) is 0 Å². The van der Waals surface area contributed by atoms with Crippen molar-refractivity contribution in [1.82, 2.24) is 24.1 Å². The summed E-state index contributed by atoms with van der Waals surface area (Å²) in [4.78, 5) is 23.9. The highest BCUT2D eigenvalue weighted by atomic mass is 32.2. The van der Waals surface area contributed by atoms with Gasteiger partial charge in [-0.15, -0.1) is 10.2 Å². The van der Waals surface area contributed by atoms with Gasteiger partial charge < -0.3 is 4.57 Å². The smallest absolute Gasteiger partial charge is 0.251 e. The molecule has 2 heterocycles. The molecule has 0 saturated carbocycles. The number of hydrogen-bond donors (Lipinski definition) is 1. The summed E-state index contributed by atoms with van der Waals surface area (Å²) in [5.74, 6) is 0.200. The van der Waals surface area contributed by atoms with E-state index in [1.807, 2.05) is 46.5 Å². The fourth-order valence-electron chi connectivity index (χ4n) is 2.90. The van der Waals surface area contributed by atoms with Crippen LogP contribution in [0.3, 0.4) is 0 Å². The van der Waals surface area contributed by atoms with E-state index in [4.69, 9.17) is 0 Å². The van der Waals surface area contributed by atoms with Crippen LogP contribution in [0.25, 0.3) is 16.8 Å². The number of carbonyl (C=O) groups excluding carboxylic acids is 1. The lowest BCUT2D eigenvalue weighted by Crippen LogP contribution is -2.29. The largest absolute Gasteiger partial charge is 0.315 e. The van der Waals surface area contributed by atoms with Gasteiger partial charge in [0.25, 0.3) is 5.56 Å². The molecule has 3 rings (SSSR count). The number of amides is 1. The van der Waals surface area contributed by atoms with Crippen LogP contribution in [0.4, 0.5) is 0 Å². The Morgan fingerprint density at radius 2 is 1.86 bits per heavy atom. The van der Waals surface area contributed by atoms with Crippen LogP contribution in [0.1, 0.15) is 18.7 Å². The third-order valence-corrected chi connectivity index (χ3v) is 4.89. The number of rotatable bonds is 7. The third-order valence-electron chi connectivity index (χ3n) is 4.30. The molecule has 10 heteroatoms. The van der Waals surface area contributed by atoms with Gasteiger partial charge in [0.05, 0.1) is 6.26 Å². The lowest BCUT2D eigenvalue weighted by Gasteiger charge is -2.09. The maximum atomic E-state index is 12.4. The fraction of sp³-hybridized carbons (Fsp3) is 0.263. The van der Waals surface area contributed by atoms with Gasteiger partial charge >= 0.3 is 0 Å². The van der Waals surface area contributed by atoms with Crippen molar-refractivity contribution in [3.05, 3.63) is 65.1 Å². The van der Waals surface area contributed by atoms with Gasteiger partial charge in [0.1, 0.15) is 12.2 Å². The second-order valence-electron chi connectivity index (χ2n) is 6.64. The van der Waals surface area contributed by atoms with Gasteiger partial charge in [-0.2, -0.15) is 0 Å². The second kappa shape index (κ2) is 8.39. The highest BCUT2D eigenvalue weighted by Gasteiger charge is 2.09. The molecule has 0 aliphatic carbocycles. The van der Waals surface area contributed by atoms with Crippen LogP contribution in [0.15, 0.2) is 53.7 Å². The lowest BCUT2D eigenvalue weighted by molar-refractivity contribution is -0.119. The second-order valence-corrected chi connectivity index (χ2v) is 8.39. The number of benzene rings is 1. The number of carbonyl (C=O) groups is 1. The number of nitrogens with zero attached hydrogens (tertiary/aromatic N) is 4. The molecule has 0 fully saturated rings. The van der Waals surface area contributed by atoms with E-state index < -0.39 is 15.9 Å². The van der Waals surface area contributed by atoms with E-state index in [9.17, 15) is 18.0 Å². The van der Waals surface area contributed by atoms with E-state index >= 15 is 0 Å². The Bertz CT molecular complexity index is 1180. The Balaban J connectivity index is 1.66. The van der Waals surface area contributed by atoms with Crippen LogP contribution in [0.5, 0.6) is 0 Å². The predicted octanol–water partition coefficient (Wildman–Crippen LogP) is 1.26. The SMILES string of the molecule is Cc1nncn1-c1ccc(-c2ccn(CCCC(=O)NS(C)(=O)=O)c(=O)c2)cc1. The summed E-state index contributed by atoms with van der Waals surface area (Å²) < 4.78 is 27.3. The third kappa shape index (κ3) is 5.38. The molecule has 0 unspecified atom stereocenters. The minimum absolute atomic E-state index is 0.0191. The van der Waals surface area contributed by atoms with Gasteiger partial charge in [-0.05, 0) is 42.7 Å². The molecule has 9 nitrogen and oxygen atoms in total. The molecule has 0 aliphatic rings. The van der Waals surface area contributed by atoms with Gasteiger partial charge in [-0.1, -0.05) is 12.1 Å².